The summed E-state index contributed by atoms with van der Waals surface area (Å²) in [6.07, 6.45) is 4.07. The van der Waals surface area contributed by atoms with Gasteiger partial charge >= 0.3 is 5.97 Å². The van der Waals surface area contributed by atoms with Crippen molar-refractivity contribution >= 4 is 28.7 Å². The van der Waals surface area contributed by atoms with Crippen LogP contribution in [0.4, 0.5) is 4.39 Å². The highest BCUT2D eigenvalue weighted by molar-refractivity contribution is 6.33. The Hall–Kier alpha value is -3.15. The van der Waals surface area contributed by atoms with E-state index in [2.05, 4.69) is 29.2 Å². The number of allylic oxidation sites excluding steroid dienone is 1. The highest BCUT2D eigenvalue weighted by atomic mass is 35.5. The summed E-state index contributed by atoms with van der Waals surface area (Å²) in [6.45, 7) is 4.23. The smallest absolute Gasteiger partial charge is 0.335 e. The summed E-state index contributed by atoms with van der Waals surface area (Å²) in [5.74, 6) is -0.119. The summed E-state index contributed by atoms with van der Waals surface area (Å²) in [7, 11) is 0. The van der Waals surface area contributed by atoms with Crippen molar-refractivity contribution in [1.29, 1.82) is 0 Å². The summed E-state index contributed by atoms with van der Waals surface area (Å²) < 4.78 is 19.0. The second-order valence-electron chi connectivity index (χ2n) is 10.3. The number of hydrogen-bond donors (Lipinski definition) is 1. The first kappa shape index (κ1) is 26.5. The minimum atomic E-state index is -0.920. The molecule has 0 saturated carbocycles. The molecule has 38 heavy (non-hydrogen) atoms. The van der Waals surface area contributed by atoms with Gasteiger partial charge in [-0.2, -0.15) is 0 Å². The molecule has 1 N–H and O–H groups in total. The second kappa shape index (κ2) is 11.7. The molecule has 1 fully saturated rings. The zero-order valence-corrected chi connectivity index (χ0v) is 22.4. The van der Waals surface area contributed by atoms with Crippen LogP contribution >= 0.6 is 11.6 Å². The van der Waals surface area contributed by atoms with Crippen LogP contribution in [0.5, 0.6) is 5.75 Å². The van der Waals surface area contributed by atoms with Crippen molar-refractivity contribution in [3.8, 4) is 5.75 Å². The highest BCUT2D eigenvalue weighted by Gasteiger charge is 2.25. The van der Waals surface area contributed by atoms with Gasteiger partial charge < -0.3 is 9.84 Å². The van der Waals surface area contributed by atoms with Crippen LogP contribution in [0.3, 0.4) is 0 Å². The van der Waals surface area contributed by atoms with E-state index < -0.39 is 5.97 Å². The van der Waals surface area contributed by atoms with Crippen molar-refractivity contribution in [1.82, 2.24) is 4.90 Å². The zero-order chi connectivity index (χ0) is 26.6. The van der Waals surface area contributed by atoms with E-state index in [0.29, 0.717) is 12.0 Å². The molecule has 1 unspecified atom stereocenters. The number of rotatable bonds is 8. The average molecular weight is 534 g/mol. The Morgan fingerprint density at radius 3 is 2.74 bits per heavy atom. The highest BCUT2D eigenvalue weighted by Crippen LogP contribution is 2.42. The van der Waals surface area contributed by atoms with E-state index in [-0.39, 0.29) is 12.8 Å². The number of fused-ring (bicyclic) bond motifs is 1. The molecule has 1 aliphatic heterocycles. The first-order valence-corrected chi connectivity index (χ1v) is 13.7. The van der Waals surface area contributed by atoms with Gasteiger partial charge in [0.25, 0.3) is 0 Å². The molecule has 1 aliphatic carbocycles. The maximum Gasteiger partial charge on any atom is 0.335 e. The van der Waals surface area contributed by atoms with Gasteiger partial charge in [0, 0.05) is 24.7 Å². The van der Waals surface area contributed by atoms with Crippen LogP contribution in [0.1, 0.15) is 63.9 Å². The lowest BCUT2D eigenvalue weighted by molar-refractivity contribution is 0.0696. The molecule has 1 heterocycles. The lowest BCUT2D eigenvalue weighted by Crippen LogP contribution is -2.26. The molecule has 3 aromatic rings. The SMILES string of the molecule is Cc1ccc(C2=C(c3cccc(OC4CCN(CCCF)C4)c3)c3ccc(C(=O)O)cc3CCC2)c(Cl)c1. The van der Waals surface area contributed by atoms with Crippen LogP contribution in [0.15, 0.2) is 60.7 Å². The van der Waals surface area contributed by atoms with Gasteiger partial charge in [0.05, 0.1) is 12.2 Å². The van der Waals surface area contributed by atoms with E-state index in [0.717, 1.165) is 95.1 Å². The summed E-state index contributed by atoms with van der Waals surface area (Å²) >= 11 is 6.79. The maximum absolute atomic E-state index is 12.6. The van der Waals surface area contributed by atoms with Gasteiger partial charge in [-0.1, -0.05) is 41.9 Å². The van der Waals surface area contributed by atoms with Gasteiger partial charge in [-0.05, 0) is 108 Å². The first-order valence-electron chi connectivity index (χ1n) is 13.3. The summed E-state index contributed by atoms with van der Waals surface area (Å²) in [5.41, 5.74) is 7.73. The molecule has 5 rings (SSSR count). The maximum atomic E-state index is 12.6. The van der Waals surface area contributed by atoms with Gasteiger partial charge in [-0.15, -0.1) is 0 Å². The van der Waals surface area contributed by atoms with E-state index in [1.165, 1.54) is 0 Å². The molecule has 4 nitrogen and oxygen atoms in total. The van der Waals surface area contributed by atoms with Crippen molar-refractivity contribution in [2.24, 2.45) is 0 Å². The van der Waals surface area contributed by atoms with Crippen molar-refractivity contribution < 1.29 is 19.0 Å². The molecule has 0 radical (unpaired) electrons. The fourth-order valence-electron chi connectivity index (χ4n) is 5.68. The zero-order valence-electron chi connectivity index (χ0n) is 21.7. The summed E-state index contributed by atoms with van der Waals surface area (Å²) in [6, 6.07) is 19.8. The number of likely N-dealkylation sites (tertiary alicyclic amines) is 1. The number of benzene rings is 3. The molecular weight excluding hydrogens is 501 g/mol. The minimum absolute atomic E-state index is 0.0735. The predicted octanol–water partition coefficient (Wildman–Crippen LogP) is 7.45. The predicted molar refractivity (Wildman–Crippen MR) is 151 cm³/mol. The van der Waals surface area contributed by atoms with Gasteiger partial charge in [0.15, 0.2) is 0 Å². The van der Waals surface area contributed by atoms with E-state index in [9.17, 15) is 14.3 Å². The number of carboxylic acid groups (broad SMARTS) is 1. The molecule has 6 heteroatoms. The number of aromatic carboxylic acids is 1. The summed E-state index contributed by atoms with van der Waals surface area (Å²) in [5, 5.41) is 10.3. The molecule has 1 saturated heterocycles. The molecule has 0 spiro atoms. The standard InChI is InChI=1S/C32H33ClFNO3/c1-21-9-11-28(30(33)17-21)29-8-3-5-22-18-24(32(36)37)10-12-27(22)31(29)23-6-2-7-25(19-23)38-26-13-16-35(20-26)15-4-14-34/h2,6-7,9-12,17-19,26H,3-5,8,13-16,20H2,1H3,(H,36,37). The van der Waals surface area contributed by atoms with Crippen LogP contribution in [-0.4, -0.2) is 48.4 Å². The number of carboxylic acids is 1. The second-order valence-corrected chi connectivity index (χ2v) is 10.7. The van der Waals surface area contributed by atoms with Crippen molar-refractivity contribution in [3.05, 3.63) is 99.1 Å². The molecular formula is C32H33ClFNO3. The molecule has 0 amide bonds. The topological polar surface area (TPSA) is 49.8 Å². The number of ether oxygens (including phenoxy) is 1. The van der Waals surface area contributed by atoms with Crippen LogP contribution in [0, 0.1) is 6.92 Å². The number of hydrogen-bond acceptors (Lipinski definition) is 3. The van der Waals surface area contributed by atoms with Crippen LogP contribution in [0.2, 0.25) is 5.02 Å². The normalized spacial score (nSPS) is 17.8. The molecule has 2 aliphatic rings. The van der Waals surface area contributed by atoms with Crippen LogP contribution < -0.4 is 4.74 Å². The number of nitrogens with zero attached hydrogens (tertiary/aromatic N) is 1. The van der Waals surface area contributed by atoms with E-state index >= 15 is 0 Å². The Morgan fingerprint density at radius 1 is 1.11 bits per heavy atom. The third-order valence-corrected chi connectivity index (χ3v) is 7.82. The lowest BCUT2D eigenvalue weighted by atomic mass is 9.87. The third kappa shape index (κ3) is 5.79. The Kier molecular flexibility index (Phi) is 8.15. The van der Waals surface area contributed by atoms with Crippen molar-refractivity contribution in [3.63, 3.8) is 0 Å². The van der Waals surface area contributed by atoms with Gasteiger partial charge in [-0.25, -0.2) is 4.79 Å². The van der Waals surface area contributed by atoms with Gasteiger partial charge in [-0.3, -0.25) is 9.29 Å². The number of carbonyl (C=O) groups is 1. The third-order valence-electron chi connectivity index (χ3n) is 7.51. The van der Waals surface area contributed by atoms with E-state index in [4.69, 9.17) is 16.3 Å². The average Bonchev–Trinajstić information content (AvgIpc) is 3.25. The number of alkyl halides is 1. The summed E-state index contributed by atoms with van der Waals surface area (Å²) in [4.78, 5) is 14.0. The van der Waals surface area contributed by atoms with Gasteiger partial charge in [0.1, 0.15) is 11.9 Å². The molecule has 0 aromatic heterocycles. The van der Waals surface area contributed by atoms with Crippen LogP contribution in [-0.2, 0) is 6.42 Å². The van der Waals surface area contributed by atoms with Crippen molar-refractivity contribution in [2.75, 3.05) is 26.3 Å². The fourth-order valence-corrected chi connectivity index (χ4v) is 6.03. The Balaban J connectivity index is 1.57. The molecule has 198 valence electrons. The monoisotopic (exact) mass is 533 g/mol. The molecule has 3 aromatic carbocycles. The fraction of sp³-hybridized carbons (Fsp3) is 0.344. The Morgan fingerprint density at radius 2 is 1.95 bits per heavy atom. The largest absolute Gasteiger partial charge is 0.489 e. The van der Waals surface area contributed by atoms with Crippen molar-refractivity contribution in [2.45, 2.75) is 45.1 Å². The lowest BCUT2D eigenvalue weighted by Gasteiger charge is -2.20. The van der Waals surface area contributed by atoms with Gasteiger partial charge in [0.2, 0.25) is 0 Å². The Bertz CT molecular complexity index is 1370. The van der Waals surface area contributed by atoms with E-state index in [1.807, 2.05) is 37.3 Å². The minimum Gasteiger partial charge on any atom is -0.489 e. The number of halogens is 2. The quantitative estimate of drug-likeness (QED) is 0.326. The molecule has 0 bridgehead atoms. The van der Waals surface area contributed by atoms with Crippen LogP contribution in [0.25, 0.3) is 11.1 Å². The van der Waals surface area contributed by atoms with E-state index in [1.54, 1.807) is 6.07 Å². The number of aryl methyl sites for hydroxylation is 2. The first-order chi connectivity index (χ1) is 18.4. The Labute approximate surface area is 228 Å². The molecule has 1 atom stereocenters.